The van der Waals surface area contributed by atoms with E-state index in [9.17, 15) is 4.79 Å². The monoisotopic (exact) mass is 362 g/mol. The molecule has 0 amide bonds. The van der Waals surface area contributed by atoms with Crippen LogP contribution in [0.3, 0.4) is 0 Å². The van der Waals surface area contributed by atoms with E-state index in [0.717, 1.165) is 24.6 Å². The number of likely N-dealkylation sites (tertiary alicyclic amines) is 1. The molecule has 0 radical (unpaired) electrons. The van der Waals surface area contributed by atoms with Crippen LogP contribution in [0.15, 0.2) is 23.2 Å². The van der Waals surface area contributed by atoms with Crippen molar-refractivity contribution in [2.24, 2.45) is 4.99 Å². The number of benzene rings is 1. The van der Waals surface area contributed by atoms with Crippen LogP contribution in [0, 0.1) is 0 Å². The normalized spacial score (nSPS) is 17.8. The van der Waals surface area contributed by atoms with E-state index in [-0.39, 0.29) is 0 Å². The van der Waals surface area contributed by atoms with Crippen LogP contribution >= 0.6 is 0 Å². The van der Waals surface area contributed by atoms with Crippen LogP contribution in [0.1, 0.15) is 35.7 Å². The number of ether oxygens (including phenoxy) is 2. The summed E-state index contributed by atoms with van der Waals surface area (Å²) in [5.74, 6) is 0.847. The van der Waals surface area contributed by atoms with Crippen LogP contribution in [-0.4, -0.2) is 63.8 Å². The van der Waals surface area contributed by atoms with Gasteiger partial charge in [-0.25, -0.2) is 4.79 Å². The van der Waals surface area contributed by atoms with Gasteiger partial charge in [0.2, 0.25) is 0 Å². The third-order valence-corrected chi connectivity index (χ3v) is 4.76. The summed E-state index contributed by atoms with van der Waals surface area (Å²) in [5, 5.41) is 6.69. The average molecular weight is 362 g/mol. The summed E-state index contributed by atoms with van der Waals surface area (Å²) in [6.45, 7) is 5.89. The van der Waals surface area contributed by atoms with Gasteiger partial charge in [0, 0.05) is 26.2 Å². The fourth-order valence-corrected chi connectivity index (χ4v) is 3.30. The van der Waals surface area contributed by atoms with E-state index in [4.69, 9.17) is 9.47 Å². The molecular weight excluding hydrogens is 332 g/mol. The highest BCUT2D eigenvalue weighted by atomic mass is 16.5. The molecule has 2 rings (SSSR count). The van der Waals surface area contributed by atoms with Gasteiger partial charge in [-0.1, -0.05) is 13.0 Å². The van der Waals surface area contributed by atoms with E-state index in [1.54, 1.807) is 19.2 Å². The first kappa shape index (κ1) is 20.0. The summed E-state index contributed by atoms with van der Waals surface area (Å²) in [6, 6.07) is 6.03. The van der Waals surface area contributed by atoms with Crippen molar-refractivity contribution in [3.63, 3.8) is 0 Å². The highest BCUT2D eigenvalue weighted by Gasteiger charge is 2.22. The molecule has 0 aromatic heterocycles. The Kier molecular flexibility index (Phi) is 7.72. The zero-order valence-corrected chi connectivity index (χ0v) is 16.2. The van der Waals surface area contributed by atoms with E-state index < -0.39 is 5.97 Å². The number of guanidine groups is 1. The van der Waals surface area contributed by atoms with Gasteiger partial charge in [-0.3, -0.25) is 9.89 Å². The number of nitrogens with one attached hydrogen (secondary N) is 2. The lowest BCUT2D eigenvalue weighted by Gasteiger charge is -2.24. The van der Waals surface area contributed by atoms with Gasteiger partial charge < -0.3 is 20.1 Å². The Balaban J connectivity index is 1.92. The minimum Gasteiger partial charge on any atom is -0.496 e. The molecular formula is C19H30N4O3. The molecule has 1 atom stereocenters. The zero-order chi connectivity index (χ0) is 18.9. The number of esters is 1. The van der Waals surface area contributed by atoms with Gasteiger partial charge in [0.25, 0.3) is 0 Å². The minimum absolute atomic E-state index is 0.410. The Morgan fingerprint density at radius 2 is 2.15 bits per heavy atom. The molecule has 7 nitrogen and oxygen atoms in total. The largest absolute Gasteiger partial charge is 0.496 e. The van der Waals surface area contributed by atoms with Crippen LogP contribution < -0.4 is 15.4 Å². The summed E-state index contributed by atoms with van der Waals surface area (Å²) >= 11 is 0. The molecule has 1 aliphatic rings. The number of carbonyl (C=O) groups is 1. The third-order valence-electron chi connectivity index (χ3n) is 4.76. The summed E-state index contributed by atoms with van der Waals surface area (Å²) in [7, 11) is 4.66. The number of likely N-dealkylation sites (N-methyl/N-ethyl adjacent to an activating group) is 1. The summed E-state index contributed by atoms with van der Waals surface area (Å²) < 4.78 is 10.0. The molecule has 1 heterocycles. The second-order valence-corrected chi connectivity index (χ2v) is 6.26. The van der Waals surface area contributed by atoms with Gasteiger partial charge in [-0.15, -0.1) is 0 Å². The lowest BCUT2D eigenvalue weighted by molar-refractivity contribution is 0.0597. The topological polar surface area (TPSA) is 75.2 Å². The molecule has 0 bridgehead atoms. The molecule has 1 unspecified atom stereocenters. The average Bonchev–Trinajstić information content (AvgIpc) is 3.14. The maximum absolute atomic E-state index is 11.9. The van der Waals surface area contributed by atoms with Crippen molar-refractivity contribution in [2.45, 2.75) is 32.4 Å². The van der Waals surface area contributed by atoms with E-state index in [2.05, 4.69) is 27.4 Å². The maximum atomic E-state index is 11.9. The van der Waals surface area contributed by atoms with Gasteiger partial charge >= 0.3 is 5.97 Å². The SMILES string of the molecule is CCN1CCCC1CNC(=NC)NCc1ccc(OC)c(C(=O)OC)c1. The molecule has 0 spiro atoms. The molecule has 1 aliphatic heterocycles. The molecule has 0 saturated carbocycles. The number of rotatable bonds is 7. The first-order valence-electron chi connectivity index (χ1n) is 9.06. The van der Waals surface area contributed by atoms with Gasteiger partial charge in [0.05, 0.1) is 14.2 Å². The smallest absolute Gasteiger partial charge is 0.341 e. The fraction of sp³-hybridized carbons (Fsp3) is 0.579. The predicted octanol–water partition coefficient (Wildman–Crippen LogP) is 1.63. The molecule has 0 aliphatic carbocycles. The Bertz CT molecular complexity index is 633. The maximum Gasteiger partial charge on any atom is 0.341 e. The van der Waals surface area contributed by atoms with E-state index >= 15 is 0 Å². The predicted molar refractivity (Wildman–Crippen MR) is 103 cm³/mol. The van der Waals surface area contributed by atoms with E-state index in [1.807, 2.05) is 6.07 Å². The van der Waals surface area contributed by atoms with Gasteiger partial charge in [-0.2, -0.15) is 0 Å². The second kappa shape index (κ2) is 10.0. The summed E-state index contributed by atoms with van der Waals surface area (Å²) in [6.07, 6.45) is 2.48. The summed E-state index contributed by atoms with van der Waals surface area (Å²) in [5.41, 5.74) is 1.37. The Morgan fingerprint density at radius 3 is 2.81 bits per heavy atom. The Morgan fingerprint density at radius 1 is 1.35 bits per heavy atom. The molecule has 1 fully saturated rings. The summed E-state index contributed by atoms with van der Waals surface area (Å²) in [4.78, 5) is 18.7. The number of hydrogen-bond donors (Lipinski definition) is 2. The first-order chi connectivity index (χ1) is 12.6. The van der Waals surface area contributed by atoms with Crippen LogP contribution in [0.4, 0.5) is 0 Å². The first-order valence-corrected chi connectivity index (χ1v) is 9.06. The third kappa shape index (κ3) is 5.11. The number of carbonyl (C=O) groups excluding carboxylic acids is 1. The minimum atomic E-state index is -0.410. The molecule has 2 N–H and O–H groups in total. The second-order valence-electron chi connectivity index (χ2n) is 6.26. The van der Waals surface area contributed by atoms with Gasteiger partial charge in [0.1, 0.15) is 11.3 Å². The lowest BCUT2D eigenvalue weighted by Crippen LogP contribution is -2.44. The van der Waals surface area contributed by atoms with Crippen molar-refractivity contribution in [1.82, 2.24) is 15.5 Å². The highest BCUT2D eigenvalue weighted by molar-refractivity contribution is 5.92. The van der Waals surface area contributed by atoms with Gasteiger partial charge in [0.15, 0.2) is 5.96 Å². The van der Waals surface area contributed by atoms with Crippen molar-refractivity contribution in [3.8, 4) is 5.75 Å². The van der Waals surface area contributed by atoms with Crippen molar-refractivity contribution >= 4 is 11.9 Å². The van der Waals surface area contributed by atoms with E-state index in [0.29, 0.717) is 23.9 Å². The molecule has 26 heavy (non-hydrogen) atoms. The Hall–Kier alpha value is -2.28. The quantitative estimate of drug-likeness (QED) is 0.436. The number of hydrogen-bond acceptors (Lipinski definition) is 5. The van der Waals surface area contributed by atoms with Crippen LogP contribution in [0.25, 0.3) is 0 Å². The molecule has 144 valence electrons. The lowest BCUT2D eigenvalue weighted by atomic mass is 10.1. The van der Waals surface area contributed by atoms with E-state index in [1.165, 1.54) is 33.6 Å². The number of aliphatic imine (C=N–C) groups is 1. The standard InChI is InChI=1S/C19H30N4O3/c1-5-23-10-6-7-15(23)13-22-19(20-2)21-12-14-8-9-17(25-3)16(11-14)18(24)26-4/h8-9,11,15H,5-7,10,12-13H2,1-4H3,(H2,20,21,22). The Labute approximate surface area is 155 Å². The van der Waals surface area contributed by atoms with Crippen LogP contribution in [-0.2, 0) is 11.3 Å². The van der Waals surface area contributed by atoms with Crippen LogP contribution in [0.5, 0.6) is 5.75 Å². The molecule has 1 aromatic rings. The van der Waals surface area contributed by atoms with Gasteiger partial charge in [-0.05, 0) is 43.6 Å². The van der Waals surface area contributed by atoms with Crippen molar-refractivity contribution in [2.75, 3.05) is 40.9 Å². The molecule has 1 aromatic carbocycles. The zero-order valence-electron chi connectivity index (χ0n) is 16.2. The fourth-order valence-electron chi connectivity index (χ4n) is 3.30. The highest BCUT2D eigenvalue weighted by Crippen LogP contribution is 2.20. The number of nitrogens with zero attached hydrogens (tertiary/aromatic N) is 2. The van der Waals surface area contributed by atoms with Crippen molar-refractivity contribution in [1.29, 1.82) is 0 Å². The molecule has 7 heteroatoms. The van der Waals surface area contributed by atoms with Crippen molar-refractivity contribution in [3.05, 3.63) is 29.3 Å². The molecule has 1 saturated heterocycles. The number of methoxy groups -OCH3 is 2. The van der Waals surface area contributed by atoms with Crippen LogP contribution in [0.2, 0.25) is 0 Å². The van der Waals surface area contributed by atoms with Crippen molar-refractivity contribution < 1.29 is 14.3 Å².